The Hall–Kier alpha value is -7.26. The summed E-state index contributed by atoms with van der Waals surface area (Å²) in [6.45, 7) is 0. The Kier molecular flexibility index (Phi) is 6.60. The van der Waals surface area contributed by atoms with Crippen LogP contribution >= 0.6 is 0 Å². The Morgan fingerprint density at radius 2 is 0.569 bits per heavy atom. The molecule has 240 valence electrons. The second kappa shape index (κ2) is 11.7. The van der Waals surface area contributed by atoms with E-state index in [1.165, 1.54) is 0 Å². The summed E-state index contributed by atoms with van der Waals surface area (Å²) in [5.74, 6) is 3.09. The van der Waals surface area contributed by atoms with Crippen molar-refractivity contribution in [1.29, 1.82) is 0 Å². The van der Waals surface area contributed by atoms with Crippen LogP contribution in [-0.2, 0) is 0 Å². The molecule has 0 aliphatic heterocycles. The fourth-order valence-corrected chi connectivity index (χ4v) is 6.08. The Balaban J connectivity index is 1.10. The fraction of sp³-hybridized carbons (Fsp3) is 0. The minimum Gasteiger partial charge on any atom is -0.436 e. The van der Waals surface area contributed by atoms with Crippen LogP contribution in [0.25, 0.3) is 102 Å². The number of hydrogen-bond acceptors (Lipinski definition) is 9. The number of nitrogens with zero attached hydrogens (tertiary/aromatic N) is 6. The average molecular weight is 661 g/mol. The van der Waals surface area contributed by atoms with Gasteiger partial charge in [0, 0.05) is 33.4 Å². The molecule has 6 aromatic carbocycles. The molecular formula is C42H24N6O3. The second-order valence-electron chi connectivity index (χ2n) is 12.0. The molecule has 4 heterocycles. The first kappa shape index (κ1) is 28.7. The zero-order valence-electron chi connectivity index (χ0n) is 26.8. The van der Waals surface area contributed by atoms with Gasteiger partial charge in [0.05, 0.1) is 0 Å². The monoisotopic (exact) mass is 660 g/mol. The molecule has 10 rings (SSSR count). The van der Waals surface area contributed by atoms with Gasteiger partial charge >= 0.3 is 0 Å². The van der Waals surface area contributed by atoms with Crippen LogP contribution in [0.3, 0.4) is 0 Å². The molecule has 51 heavy (non-hydrogen) atoms. The lowest BCUT2D eigenvalue weighted by molar-refractivity contribution is 0.619. The van der Waals surface area contributed by atoms with Crippen LogP contribution in [-0.4, -0.2) is 29.9 Å². The second-order valence-corrected chi connectivity index (χ2v) is 12.0. The third-order valence-corrected chi connectivity index (χ3v) is 8.63. The van der Waals surface area contributed by atoms with Gasteiger partial charge in [0.15, 0.2) is 34.2 Å². The van der Waals surface area contributed by atoms with Crippen LogP contribution in [0, 0.1) is 0 Å². The van der Waals surface area contributed by atoms with E-state index in [1.54, 1.807) is 0 Å². The van der Waals surface area contributed by atoms with Crippen LogP contribution < -0.4 is 0 Å². The molecule has 0 saturated carbocycles. The van der Waals surface area contributed by atoms with Crippen molar-refractivity contribution in [2.45, 2.75) is 0 Å². The smallest absolute Gasteiger partial charge is 0.227 e. The molecule has 9 nitrogen and oxygen atoms in total. The maximum Gasteiger partial charge on any atom is 0.227 e. The number of hydrogen-bond donors (Lipinski definition) is 0. The Morgan fingerprint density at radius 3 is 0.863 bits per heavy atom. The standard InChI is InChI=1S/C42H24N6O3/c1-4-10-25(11-5-1)40-43-31-22-28(16-19-34(31)49-40)37-46-38(29-17-20-35-32(23-29)44-41(50-35)26-12-6-2-7-13-26)48-39(47-37)30-18-21-36-33(24-30)45-42(51-36)27-14-8-3-9-15-27/h1-24H. The van der Waals surface area contributed by atoms with E-state index in [4.69, 9.17) is 43.2 Å². The quantitative estimate of drug-likeness (QED) is 0.172. The number of rotatable bonds is 6. The minimum absolute atomic E-state index is 0.483. The largest absolute Gasteiger partial charge is 0.436 e. The third-order valence-electron chi connectivity index (χ3n) is 8.63. The predicted octanol–water partition coefficient (Wildman–Crippen LogP) is 10.3. The number of aromatic nitrogens is 6. The Morgan fingerprint density at radius 1 is 0.275 bits per heavy atom. The van der Waals surface area contributed by atoms with Crippen molar-refractivity contribution >= 4 is 33.3 Å². The van der Waals surface area contributed by atoms with Gasteiger partial charge in [0.1, 0.15) is 16.6 Å². The molecule has 0 N–H and O–H groups in total. The topological polar surface area (TPSA) is 117 Å². The van der Waals surface area contributed by atoms with E-state index in [0.29, 0.717) is 68.4 Å². The first-order valence-corrected chi connectivity index (χ1v) is 16.4. The molecule has 0 fully saturated rings. The minimum atomic E-state index is 0.483. The van der Waals surface area contributed by atoms with E-state index in [0.717, 1.165) is 33.4 Å². The Bertz CT molecular complexity index is 2540. The van der Waals surface area contributed by atoms with Gasteiger partial charge in [-0.15, -0.1) is 0 Å². The van der Waals surface area contributed by atoms with Crippen molar-refractivity contribution in [2.24, 2.45) is 0 Å². The molecule has 4 aromatic heterocycles. The lowest BCUT2D eigenvalue weighted by Gasteiger charge is -2.08. The lowest BCUT2D eigenvalue weighted by Crippen LogP contribution is -2.00. The van der Waals surface area contributed by atoms with E-state index >= 15 is 0 Å². The first-order valence-electron chi connectivity index (χ1n) is 16.4. The van der Waals surface area contributed by atoms with E-state index < -0.39 is 0 Å². The van der Waals surface area contributed by atoms with Gasteiger partial charge < -0.3 is 13.3 Å². The lowest BCUT2D eigenvalue weighted by atomic mass is 10.1. The summed E-state index contributed by atoms with van der Waals surface area (Å²) < 4.78 is 18.3. The maximum atomic E-state index is 6.08. The number of oxazole rings is 3. The van der Waals surface area contributed by atoms with Crippen LogP contribution in [0.2, 0.25) is 0 Å². The van der Waals surface area contributed by atoms with Crippen LogP contribution in [0.5, 0.6) is 0 Å². The van der Waals surface area contributed by atoms with Crippen molar-refractivity contribution in [3.05, 3.63) is 146 Å². The van der Waals surface area contributed by atoms with Gasteiger partial charge in [0.2, 0.25) is 17.7 Å². The summed E-state index contributed by atoms with van der Waals surface area (Å²) in [6.07, 6.45) is 0. The van der Waals surface area contributed by atoms with Crippen LogP contribution in [0.1, 0.15) is 0 Å². The molecule has 0 aliphatic carbocycles. The van der Waals surface area contributed by atoms with Crippen molar-refractivity contribution in [3.63, 3.8) is 0 Å². The maximum absolute atomic E-state index is 6.08. The number of fused-ring (bicyclic) bond motifs is 3. The van der Waals surface area contributed by atoms with E-state index in [2.05, 4.69) is 0 Å². The van der Waals surface area contributed by atoms with Crippen LogP contribution in [0.15, 0.2) is 159 Å². The van der Waals surface area contributed by atoms with Gasteiger partial charge in [-0.2, -0.15) is 0 Å². The summed E-state index contributed by atoms with van der Waals surface area (Å²) in [7, 11) is 0. The molecule has 0 aliphatic rings. The molecule has 0 bridgehead atoms. The van der Waals surface area contributed by atoms with Crippen molar-refractivity contribution in [2.75, 3.05) is 0 Å². The van der Waals surface area contributed by atoms with E-state index in [9.17, 15) is 0 Å². The van der Waals surface area contributed by atoms with Gasteiger partial charge in [-0.05, 0) is 91.0 Å². The zero-order valence-corrected chi connectivity index (χ0v) is 26.8. The summed E-state index contributed by atoms with van der Waals surface area (Å²) in [6, 6.07) is 46.8. The number of benzene rings is 6. The fourth-order valence-electron chi connectivity index (χ4n) is 6.08. The van der Waals surface area contributed by atoms with E-state index in [-0.39, 0.29) is 0 Å². The zero-order chi connectivity index (χ0) is 33.7. The highest BCUT2D eigenvalue weighted by molar-refractivity contribution is 5.85. The molecule has 10 aromatic rings. The SMILES string of the molecule is c1ccc(-c2nc3cc(-c4nc(-c5ccc6oc(-c7ccccc7)nc6c5)nc(-c5ccc6oc(-c7ccccc7)nc6c5)n4)ccc3o2)cc1. The predicted molar refractivity (Wildman–Crippen MR) is 195 cm³/mol. The molecule has 0 radical (unpaired) electrons. The Labute approximate surface area is 290 Å². The van der Waals surface area contributed by atoms with Crippen molar-refractivity contribution in [3.8, 4) is 68.5 Å². The summed E-state index contributed by atoms with van der Waals surface area (Å²) in [5.41, 5.74) is 9.11. The summed E-state index contributed by atoms with van der Waals surface area (Å²) in [5, 5.41) is 0. The normalized spacial score (nSPS) is 11.5. The summed E-state index contributed by atoms with van der Waals surface area (Å²) in [4.78, 5) is 29.3. The van der Waals surface area contributed by atoms with Crippen molar-refractivity contribution < 1.29 is 13.3 Å². The summed E-state index contributed by atoms with van der Waals surface area (Å²) >= 11 is 0. The third kappa shape index (κ3) is 5.30. The molecule has 9 heteroatoms. The van der Waals surface area contributed by atoms with Crippen molar-refractivity contribution in [1.82, 2.24) is 29.9 Å². The first-order chi connectivity index (χ1) is 25.2. The highest BCUT2D eigenvalue weighted by Crippen LogP contribution is 2.33. The van der Waals surface area contributed by atoms with Gasteiger partial charge in [0.25, 0.3) is 0 Å². The van der Waals surface area contributed by atoms with Gasteiger partial charge in [-0.1, -0.05) is 54.6 Å². The molecule has 0 saturated heterocycles. The van der Waals surface area contributed by atoms with Gasteiger partial charge in [-0.25, -0.2) is 29.9 Å². The van der Waals surface area contributed by atoms with Crippen LogP contribution in [0.4, 0.5) is 0 Å². The highest BCUT2D eigenvalue weighted by atomic mass is 16.4. The molecule has 0 unspecified atom stereocenters. The van der Waals surface area contributed by atoms with E-state index in [1.807, 2.05) is 146 Å². The molecule has 0 atom stereocenters. The molecule has 0 spiro atoms. The van der Waals surface area contributed by atoms with Gasteiger partial charge in [-0.3, -0.25) is 0 Å². The molecular weight excluding hydrogens is 637 g/mol. The molecule has 0 amide bonds. The average Bonchev–Trinajstić information content (AvgIpc) is 3.95. The highest BCUT2D eigenvalue weighted by Gasteiger charge is 2.18.